The van der Waals surface area contributed by atoms with E-state index >= 15 is 0 Å². The third-order valence-corrected chi connectivity index (χ3v) is 2.95. The molecule has 1 aromatic carbocycles. The molecular formula is C14H21N2O5+. The van der Waals surface area contributed by atoms with Crippen molar-refractivity contribution in [2.45, 2.75) is 25.3 Å². The molecule has 0 bridgehead atoms. The number of nitrogens with one attached hydrogen (secondary N) is 1. The van der Waals surface area contributed by atoms with Crippen LogP contribution in [-0.4, -0.2) is 41.8 Å². The van der Waals surface area contributed by atoms with Gasteiger partial charge in [-0.05, 0) is 17.7 Å². The number of aromatic hydroxyl groups is 2. The molecule has 0 saturated carbocycles. The number of carbonyl (C=O) groups excluding carboxylic acids is 2. The van der Waals surface area contributed by atoms with Gasteiger partial charge >= 0.3 is 5.97 Å². The Bertz CT molecular complexity index is 504. The third kappa shape index (κ3) is 5.31. The van der Waals surface area contributed by atoms with E-state index in [1.54, 1.807) is 6.07 Å². The van der Waals surface area contributed by atoms with Gasteiger partial charge in [-0.3, -0.25) is 4.79 Å². The highest BCUT2D eigenvalue weighted by molar-refractivity contribution is 5.84. The third-order valence-electron chi connectivity index (χ3n) is 2.95. The predicted molar refractivity (Wildman–Crippen MR) is 74.4 cm³/mol. The van der Waals surface area contributed by atoms with Crippen LogP contribution in [0, 0.1) is 0 Å². The van der Waals surface area contributed by atoms with Gasteiger partial charge in [-0.25, -0.2) is 4.79 Å². The second-order valence-corrected chi connectivity index (χ2v) is 4.63. The molecule has 7 heteroatoms. The zero-order valence-corrected chi connectivity index (χ0v) is 12.0. The second kappa shape index (κ2) is 8.11. The van der Waals surface area contributed by atoms with Crippen LogP contribution in [-0.2, 0) is 20.7 Å². The summed E-state index contributed by atoms with van der Waals surface area (Å²) in [6.07, 6.45) is 1.09. The lowest BCUT2D eigenvalue weighted by Crippen LogP contribution is -2.50. The number of ether oxygens (including phenoxy) is 1. The fraction of sp³-hybridized carbons (Fsp3) is 0.429. The van der Waals surface area contributed by atoms with Crippen LogP contribution in [0.25, 0.3) is 0 Å². The molecule has 0 aliphatic rings. The summed E-state index contributed by atoms with van der Waals surface area (Å²) >= 11 is 0. The van der Waals surface area contributed by atoms with Crippen LogP contribution in [0.5, 0.6) is 11.5 Å². The number of quaternary nitrogens is 1. The summed E-state index contributed by atoms with van der Waals surface area (Å²) < 4.78 is 4.67. The van der Waals surface area contributed by atoms with Crippen molar-refractivity contribution >= 4 is 11.9 Å². The lowest BCUT2D eigenvalue weighted by Gasteiger charge is -2.16. The highest BCUT2D eigenvalue weighted by atomic mass is 16.5. The molecule has 0 fully saturated rings. The normalized spacial score (nSPS) is 11.7. The van der Waals surface area contributed by atoms with Crippen LogP contribution in [0.1, 0.15) is 18.4 Å². The van der Waals surface area contributed by atoms with Gasteiger partial charge in [0.25, 0.3) is 0 Å². The average molecular weight is 297 g/mol. The van der Waals surface area contributed by atoms with Crippen molar-refractivity contribution < 1.29 is 30.3 Å². The number of carbonyl (C=O) groups is 2. The molecule has 0 aliphatic carbocycles. The van der Waals surface area contributed by atoms with Gasteiger partial charge in [0.1, 0.15) is 6.04 Å². The molecule has 1 unspecified atom stereocenters. The second-order valence-electron chi connectivity index (χ2n) is 4.63. The number of hydrogen-bond acceptors (Lipinski definition) is 5. The Morgan fingerprint density at radius 2 is 2.05 bits per heavy atom. The summed E-state index contributed by atoms with van der Waals surface area (Å²) in [6.45, 7) is 0.641. The van der Waals surface area contributed by atoms with E-state index in [1.165, 1.54) is 19.2 Å². The zero-order chi connectivity index (χ0) is 15.8. The number of rotatable bonds is 7. The van der Waals surface area contributed by atoms with Crippen molar-refractivity contribution in [3.05, 3.63) is 23.8 Å². The van der Waals surface area contributed by atoms with Gasteiger partial charge in [0.05, 0.1) is 13.7 Å². The molecule has 0 aliphatic heterocycles. The molecule has 0 aromatic heterocycles. The summed E-state index contributed by atoms with van der Waals surface area (Å²) in [5.41, 5.74) is 4.25. The fourth-order valence-electron chi connectivity index (χ4n) is 1.82. The van der Waals surface area contributed by atoms with Crippen LogP contribution >= 0.6 is 0 Å². The zero-order valence-electron chi connectivity index (χ0n) is 12.0. The predicted octanol–water partition coefficient (Wildman–Crippen LogP) is -0.680. The van der Waals surface area contributed by atoms with Crippen LogP contribution in [0.3, 0.4) is 0 Å². The molecule has 116 valence electrons. The molecule has 0 saturated heterocycles. The molecule has 7 nitrogen and oxygen atoms in total. The van der Waals surface area contributed by atoms with Gasteiger partial charge in [0.2, 0.25) is 5.91 Å². The maximum atomic E-state index is 11.7. The van der Waals surface area contributed by atoms with Crippen LogP contribution < -0.4 is 11.1 Å². The van der Waals surface area contributed by atoms with E-state index in [2.05, 4.69) is 15.8 Å². The maximum Gasteiger partial charge on any atom is 0.328 e. The lowest BCUT2D eigenvalue weighted by molar-refractivity contribution is -0.368. The van der Waals surface area contributed by atoms with E-state index in [0.29, 0.717) is 18.5 Å². The first-order valence-corrected chi connectivity index (χ1v) is 6.65. The molecule has 6 N–H and O–H groups in total. The first-order valence-electron chi connectivity index (χ1n) is 6.65. The Morgan fingerprint density at radius 1 is 1.33 bits per heavy atom. The molecule has 1 amide bonds. The van der Waals surface area contributed by atoms with Gasteiger partial charge in [-0.2, -0.15) is 0 Å². The number of methoxy groups -OCH3 is 1. The standard InChI is InChI=1S/C14H20N2O5/c1-21-14(20)10(16-13(19)3-2-6-15)7-9-4-5-11(17)12(18)8-9/h4-5,8,10,17-18H,2-3,6-7,15H2,1H3,(H,16,19)/p+1. The quantitative estimate of drug-likeness (QED) is 0.392. The van der Waals surface area contributed by atoms with E-state index < -0.39 is 12.0 Å². The summed E-state index contributed by atoms with van der Waals surface area (Å²) in [5.74, 6) is -1.34. The van der Waals surface area contributed by atoms with Crippen molar-refractivity contribution in [3.8, 4) is 11.5 Å². The summed E-state index contributed by atoms with van der Waals surface area (Å²) in [6, 6.07) is 3.39. The molecule has 21 heavy (non-hydrogen) atoms. The van der Waals surface area contributed by atoms with Crippen molar-refractivity contribution in [2.75, 3.05) is 13.7 Å². The molecule has 0 spiro atoms. The number of amides is 1. The molecular weight excluding hydrogens is 276 g/mol. The van der Waals surface area contributed by atoms with Crippen LogP contribution in [0.15, 0.2) is 18.2 Å². The number of esters is 1. The molecule has 1 atom stereocenters. The monoisotopic (exact) mass is 297 g/mol. The van der Waals surface area contributed by atoms with E-state index in [4.69, 9.17) is 0 Å². The van der Waals surface area contributed by atoms with Gasteiger partial charge < -0.3 is 26.0 Å². The Hall–Kier alpha value is -2.28. The lowest BCUT2D eigenvalue weighted by atomic mass is 10.0. The number of hydrogen-bond donors (Lipinski definition) is 4. The molecule has 1 rings (SSSR count). The van der Waals surface area contributed by atoms with Crippen molar-refractivity contribution in [2.24, 2.45) is 0 Å². The Kier molecular flexibility index (Phi) is 6.48. The van der Waals surface area contributed by atoms with E-state index in [1.807, 2.05) is 0 Å². The largest absolute Gasteiger partial charge is 0.504 e. The maximum absolute atomic E-state index is 11.7. The smallest absolute Gasteiger partial charge is 0.328 e. The highest BCUT2D eigenvalue weighted by Gasteiger charge is 2.22. The number of benzene rings is 1. The van der Waals surface area contributed by atoms with E-state index in [0.717, 1.165) is 0 Å². The first-order chi connectivity index (χ1) is 9.97. The average Bonchev–Trinajstić information content (AvgIpc) is 2.47. The highest BCUT2D eigenvalue weighted by Crippen LogP contribution is 2.25. The molecule has 0 heterocycles. The topological polar surface area (TPSA) is 124 Å². The SMILES string of the molecule is COC(=O)C(Cc1ccc(O)c(O)c1)NC(=O)CCC[NH3+]. The van der Waals surface area contributed by atoms with Crippen LogP contribution in [0.4, 0.5) is 0 Å². The van der Waals surface area contributed by atoms with Gasteiger partial charge in [0, 0.05) is 19.3 Å². The van der Waals surface area contributed by atoms with Crippen molar-refractivity contribution in [1.82, 2.24) is 5.32 Å². The summed E-state index contributed by atoms with van der Waals surface area (Å²) in [5, 5.41) is 21.3. The minimum Gasteiger partial charge on any atom is -0.504 e. The Morgan fingerprint density at radius 3 is 2.62 bits per heavy atom. The van der Waals surface area contributed by atoms with Crippen molar-refractivity contribution in [1.29, 1.82) is 0 Å². The summed E-state index contributed by atoms with van der Waals surface area (Å²) in [4.78, 5) is 23.4. The van der Waals surface area contributed by atoms with Gasteiger partial charge in [-0.1, -0.05) is 6.07 Å². The van der Waals surface area contributed by atoms with Crippen LogP contribution in [0.2, 0.25) is 0 Å². The number of phenolic OH excluding ortho intramolecular Hbond substituents is 2. The Labute approximate surface area is 122 Å². The van der Waals surface area contributed by atoms with Gasteiger partial charge in [0.15, 0.2) is 11.5 Å². The fourth-order valence-corrected chi connectivity index (χ4v) is 1.82. The van der Waals surface area contributed by atoms with Gasteiger partial charge in [-0.15, -0.1) is 0 Å². The molecule has 1 aromatic rings. The van der Waals surface area contributed by atoms with E-state index in [-0.39, 0.29) is 30.2 Å². The van der Waals surface area contributed by atoms with Crippen molar-refractivity contribution in [3.63, 3.8) is 0 Å². The number of phenols is 2. The first kappa shape index (κ1) is 16.8. The Balaban J connectivity index is 2.75. The minimum atomic E-state index is -0.837. The molecule has 0 radical (unpaired) electrons. The van der Waals surface area contributed by atoms with E-state index in [9.17, 15) is 19.8 Å². The summed E-state index contributed by atoms with van der Waals surface area (Å²) in [7, 11) is 1.24. The minimum absolute atomic E-state index is 0.163.